The van der Waals surface area contributed by atoms with E-state index in [9.17, 15) is 0 Å². The van der Waals surface area contributed by atoms with Crippen LogP contribution >= 0.6 is 0 Å². The number of hydrogen-bond donors (Lipinski definition) is 0. The van der Waals surface area contributed by atoms with Crippen LogP contribution in [-0.4, -0.2) is 69.5 Å². The third-order valence-corrected chi connectivity index (χ3v) is 6.66. The Morgan fingerprint density at radius 1 is 1.08 bits per heavy atom. The van der Waals surface area contributed by atoms with Crippen molar-refractivity contribution < 1.29 is 4.74 Å². The number of hydrogen-bond acceptors (Lipinski definition) is 5. The number of piperidine rings is 1. The van der Waals surface area contributed by atoms with Crippen LogP contribution in [0, 0.1) is 5.92 Å². The first-order chi connectivity index (χ1) is 12.8. The summed E-state index contributed by atoms with van der Waals surface area (Å²) >= 11 is 0. The van der Waals surface area contributed by atoms with E-state index in [1.54, 1.807) is 6.33 Å². The fourth-order valence-corrected chi connectivity index (χ4v) is 5.07. The van der Waals surface area contributed by atoms with E-state index in [0.29, 0.717) is 6.10 Å². The largest absolute Gasteiger partial charge is 0.377 e. The minimum Gasteiger partial charge on any atom is -0.377 e. The number of rotatable bonds is 7. The van der Waals surface area contributed by atoms with Crippen molar-refractivity contribution in [3.05, 3.63) is 12.2 Å². The second-order valence-electron chi connectivity index (χ2n) is 8.60. The first-order valence-corrected chi connectivity index (χ1v) is 10.7. The van der Waals surface area contributed by atoms with E-state index in [1.807, 2.05) is 11.6 Å². The van der Waals surface area contributed by atoms with Crippen LogP contribution in [0.3, 0.4) is 0 Å². The Hall–Kier alpha value is -0.980. The average molecular weight is 362 g/mol. The molecule has 6 nitrogen and oxygen atoms in total. The summed E-state index contributed by atoms with van der Waals surface area (Å²) in [7, 11) is 2.04. The quantitative estimate of drug-likeness (QED) is 0.746. The molecule has 4 rings (SSSR count). The maximum absolute atomic E-state index is 5.91. The lowest BCUT2D eigenvalue weighted by Crippen LogP contribution is -2.43. The van der Waals surface area contributed by atoms with Gasteiger partial charge in [0.15, 0.2) is 0 Å². The molecule has 2 aliphatic heterocycles. The van der Waals surface area contributed by atoms with Crippen LogP contribution in [0.15, 0.2) is 6.33 Å². The standard InChI is InChI=1S/C20H35N5O/c1-23-16-21-22-20(23)15-24(14-19-7-4-12-26-19)13-17-8-10-25(11-9-17)18-5-2-3-6-18/h16-19H,2-15H2,1H3. The van der Waals surface area contributed by atoms with Crippen LogP contribution in [0.1, 0.15) is 57.2 Å². The lowest BCUT2D eigenvalue weighted by Gasteiger charge is -2.38. The normalized spacial score (nSPS) is 26.3. The SMILES string of the molecule is Cn1cnnc1CN(CC1CCN(C2CCCC2)CC1)CC1CCCO1. The Bertz CT molecular complexity index is 542. The molecule has 1 aromatic heterocycles. The van der Waals surface area contributed by atoms with Crippen molar-refractivity contribution in [1.29, 1.82) is 0 Å². The van der Waals surface area contributed by atoms with Crippen molar-refractivity contribution in [2.75, 3.05) is 32.8 Å². The van der Waals surface area contributed by atoms with Crippen molar-refractivity contribution in [3.63, 3.8) is 0 Å². The van der Waals surface area contributed by atoms with Gasteiger partial charge >= 0.3 is 0 Å². The fourth-order valence-electron chi connectivity index (χ4n) is 5.07. The Morgan fingerprint density at radius 2 is 1.88 bits per heavy atom. The van der Waals surface area contributed by atoms with Gasteiger partial charge in [-0.15, -0.1) is 10.2 Å². The Morgan fingerprint density at radius 3 is 2.54 bits per heavy atom. The van der Waals surface area contributed by atoms with Crippen LogP contribution in [0.2, 0.25) is 0 Å². The topological polar surface area (TPSA) is 46.4 Å². The van der Waals surface area contributed by atoms with E-state index in [2.05, 4.69) is 20.0 Å². The number of nitrogens with zero attached hydrogens (tertiary/aromatic N) is 5. The molecule has 26 heavy (non-hydrogen) atoms. The number of aromatic nitrogens is 3. The smallest absolute Gasteiger partial charge is 0.146 e. The molecular formula is C20H35N5O. The molecule has 6 heteroatoms. The van der Waals surface area contributed by atoms with E-state index in [1.165, 1.54) is 71.0 Å². The van der Waals surface area contributed by atoms with E-state index < -0.39 is 0 Å². The lowest BCUT2D eigenvalue weighted by atomic mass is 9.94. The predicted octanol–water partition coefficient (Wildman–Crippen LogP) is 2.45. The maximum atomic E-state index is 5.91. The minimum atomic E-state index is 0.404. The van der Waals surface area contributed by atoms with Crippen LogP contribution in [0.4, 0.5) is 0 Å². The second-order valence-corrected chi connectivity index (χ2v) is 8.60. The highest BCUT2D eigenvalue weighted by atomic mass is 16.5. The van der Waals surface area contributed by atoms with Crippen molar-refractivity contribution in [2.45, 2.75) is 70.1 Å². The fraction of sp³-hybridized carbons (Fsp3) is 0.900. The Labute approximate surface area is 157 Å². The highest BCUT2D eigenvalue weighted by molar-refractivity contribution is 4.88. The summed E-state index contributed by atoms with van der Waals surface area (Å²) in [5.74, 6) is 1.87. The third-order valence-electron chi connectivity index (χ3n) is 6.66. The molecule has 0 radical (unpaired) electrons. The molecule has 3 heterocycles. The molecule has 1 atom stereocenters. The van der Waals surface area contributed by atoms with Gasteiger partial charge in [-0.05, 0) is 57.5 Å². The van der Waals surface area contributed by atoms with Crippen molar-refractivity contribution in [1.82, 2.24) is 24.6 Å². The van der Waals surface area contributed by atoms with Crippen LogP contribution in [0.5, 0.6) is 0 Å². The van der Waals surface area contributed by atoms with Gasteiger partial charge in [-0.3, -0.25) is 4.90 Å². The molecule has 1 saturated carbocycles. The van der Waals surface area contributed by atoms with Gasteiger partial charge in [-0.2, -0.15) is 0 Å². The summed E-state index contributed by atoms with van der Waals surface area (Å²) in [6.07, 6.45) is 13.1. The molecule has 146 valence electrons. The summed E-state index contributed by atoms with van der Waals surface area (Å²) in [5, 5.41) is 8.37. The molecule has 1 unspecified atom stereocenters. The van der Waals surface area contributed by atoms with Gasteiger partial charge in [0.25, 0.3) is 0 Å². The van der Waals surface area contributed by atoms with Gasteiger partial charge in [-0.1, -0.05) is 12.8 Å². The average Bonchev–Trinajstić information content (AvgIpc) is 3.40. The van der Waals surface area contributed by atoms with Crippen molar-refractivity contribution >= 4 is 0 Å². The molecule has 3 fully saturated rings. The summed E-state index contributed by atoms with van der Waals surface area (Å²) in [6, 6.07) is 0.887. The molecule has 0 spiro atoms. The highest BCUT2D eigenvalue weighted by Crippen LogP contribution is 2.28. The molecule has 0 N–H and O–H groups in total. The molecular weight excluding hydrogens is 326 g/mol. The highest BCUT2D eigenvalue weighted by Gasteiger charge is 2.29. The Balaban J connectivity index is 1.31. The zero-order valence-corrected chi connectivity index (χ0v) is 16.4. The summed E-state index contributed by atoms with van der Waals surface area (Å²) in [5.41, 5.74) is 0. The molecule has 1 aliphatic carbocycles. The summed E-state index contributed by atoms with van der Waals surface area (Å²) in [6.45, 7) is 6.63. The van der Waals surface area contributed by atoms with Crippen molar-refractivity contribution in [2.24, 2.45) is 13.0 Å². The van der Waals surface area contributed by atoms with Gasteiger partial charge in [0.05, 0.1) is 12.6 Å². The molecule has 0 aromatic carbocycles. The van der Waals surface area contributed by atoms with E-state index in [-0.39, 0.29) is 0 Å². The molecule has 3 aliphatic rings. The van der Waals surface area contributed by atoms with Gasteiger partial charge < -0.3 is 14.2 Å². The van der Waals surface area contributed by atoms with Gasteiger partial charge in [0.1, 0.15) is 12.2 Å². The number of ether oxygens (including phenoxy) is 1. The van der Waals surface area contributed by atoms with Gasteiger partial charge in [0.2, 0.25) is 0 Å². The minimum absolute atomic E-state index is 0.404. The van der Waals surface area contributed by atoms with Crippen LogP contribution < -0.4 is 0 Å². The monoisotopic (exact) mass is 361 g/mol. The Kier molecular flexibility index (Phi) is 6.23. The van der Waals surface area contributed by atoms with Crippen LogP contribution in [-0.2, 0) is 18.3 Å². The first-order valence-electron chi connectivity index (χ1n) is 10.7. The molecule has 2 saturated heterocycles. The summed E-state index contributed by atoms with van der Waals surface area (Å²) < 4.78 is 7.96. The summed E-state index contributed by atoms with van der Waals surface area (Å²) in [4.78, 5) is 5.35. The second kappa shape index (κ2) is 8.81. The molecule has 0 amide bonds. The van der Waals surface area contributed by atoms with E-state index in [4.69, 9.17) is 4.74 Å². The number of likely N-dealkylation sites (tertiary alicyclic amines) is 1. The van der Waals surface area contributed by atoms with Gasteiger partial charge in [-0.25, -0.2) is 0 Å². The molecule has 0 bridgehead atoms. The number of aryl methyl sites for hydroxylation is 1. The predicted molar refractivity (Wildman–Crippen MR) is 102 cm³/mol. The third kappa shape index (κ3) is 4.65. The first kappa shape index (κ1) is 18.4. The van der Waals surface area contributed by atoms with E-state index >= 15 is 0 Å². The lowest BCUT2D eigenvalue weighted by molar-refractivity contribution is 0.0527. The van der Waals surface area contributed by atoms with Gasteiger partial charge in [0, 0.05) is 32.8 Å². The maximum Gasteiger partial charge on any atom is 0.146 e. The zero-order chi connectivity index (χ0) is 17.8. The zero-order valence-electron chi connectivity index (χ0n) is 16.4. The molecule has 1 aromatic rings. The van der Waals surface area contributed by atoms with Crippen molar-refractivity contribution in [3.8, 4) is 0 Å². The van der Waals surface area contributed by atoms with Crippen LogP contribution in [0.25, 0.3) is 0 Å². The van der Waals surface area contributed by atoms with E-state index in [0.717, 1.165) is 37.5 Å².